The Labute approximate surface area is 66.3 Å². The average molecular weight is 158 g/mol. The van der Waals surface area contributed by atoms with Crippen molar-refractivity contribution in [3.63, 3.8) is 0 Å². The van der Waals surface area contributed by atoms with Crippen LogP contribution in [0.1, 0.15) is 20.3 Å². The largest absolute Gasteiger partial charge is 0.380 e. The number of rotatable bonds is 2. The van der Waals surface area contributed by atoms with Crippen LogP contribution in [0.25, 0.3) is 0 Å². The normalized spacial score (nSPS) is 33.5. The van der Waals surface area contributed by atoms with Gasteiger partial charge in [0.05, 0.1) is 18.1 Å². The zero-order valence-electron chi connectivity index (χ0n) is 7.10. The lowest BCUT2D eigenvalue weighted by atomic mass is 9.94. The number of hydrazine groups is 1. The molecule has 0 aliphatic carbocycles. The number of carbonyl (C=O) groups excluding carboxylic acids is 1. The van der Waals surface area contributed by atoms with Gasteiger partial charge in [0.15, 0.2) is 0 Å². The van der Waals surface area contributed by atoms with Crippen LogP contribution in [0.2, 0.25) is 0 Å². The molecule has 0 spiro atoms. The summed E-state index contributed by atoms with van der Waals surface area (Å²) in [5.41, 5.74) is 5.21. The van der Waals surface area contributed by atoms with Gasteiger partial charge in [-0.05, 0) is 13.8 Å². The lowest BCUT2D eigenvalue weighted by Gasteiger charge is -2.28. The minimum absolute atomic E-state index is 0.0244. The van der Waals surface area contributed by atoms with Crippen molar-refractivity contribution in [2.24, 2.45) is 0 Å². The average Bonchev–Trinajstić information content (AvgIpc) is 2.31. The van der Waals surface area contributed by atoms with Crippen LogP contribution in [0.3, 0.4) is 0 Å². The number of methoxy groups -OCH3 is 1. The number of hydrogen-bond acceptors (Lipinski definition) is 3. The van der Waals surface area contributed by atoms with E-state index >= 15 is 0 Å². The second kappa shape index (κ2) is 2.79. The Morgan fingerprint density at radius 1 is 1.73 bits per heavy atom. The first kappa shape index (κ1) is 8.49. The van der Waals surface area contributed by atoms with Gasteiger partial charge in [-0.1, -0.05) is 0 Å². The molecule has 1 fully saturated rings. The highest BCUT2D eigenvalue weighted by Gasteiger charge is 2.38. The van der Waals surface area contributed by atoms with E-state index in [0.29, 0.717) is 6.42 Å². The van der Waals surface area contributed by atoms with Gasteiger partial charge in [0.1, 0.15) is 0 Å². The van der Waals surface area contributed by atoms with Gasteiger partial charge >= 0.3 is 0 Å². The van der Waals surface area contributed by atoms with Crippen LogP contribution in [0, 0.1) is 0 Å². The van der Waals surface area contributed by atoms with E-state index < -0.39 is 0 Å². The third-order valence-electron chi connectivity index (χ3n) is 2.27. The zero-order chi connectivity index (χ0) is 8.48. The van der Waals surface area contributed by atoms with Crippen molar-refractivity contribution in [1.82, 2.24) is 10.9 Å². The molecule has 1 amide bonds. The van der Waals surface area contributed by atoms with Crippen LogP contribution in [0.15, 0.2) is 0 Å². The van der Waals surface area contributed by atoms with Gasteiger partial charge in [0, 0.05) is 7.11 Å². The summed E-state index contributed by atoms with van der Waals surface area (Å²) in [6.45, 7) is 3.90. The van der Waals surface area contributed by atoms with Gasteiger partial charge in [0.2, 0.25) is 5.91 Å². The monoisotopic (exact) mass is 158 g/mol. The lowest BCUT2D eigenvalue weighted by Crippen LogP contribution is -2.49. The highest BCUT2D eigenvalue weighted by atomic mass is 16.5. The molecule has 0 radical (unpaired) electrons. The summed E-state index contributed by atoms with van der Waals surface area (Å²) in [5, 5.41) is 0. The maximum Gasteiger partial charge on any atom is 0.236 e. The topological polar surface area (TPSA) is 50.4 Å². The van der Waals surface area contributed by atoms with Crippen molar-refractivity contribution >= 4 is 5.91 Å². The van der Waals surface area contributed by atoms with Crippen LogP contribution >= 0.6 is 0 Å². The zero-order valence-corrected chi connectivity index (χ0v) is 7.10. The first-order valence-corrected chi connectivity index (χ1v) is 3.67. The molecule has 1 aliphatic rings. The molecule has 4 nitrogen and oxygen atoms in total. The third kappa shape index (κ3) is 1.52. The molecule has 0 saturated carbocycles. The Balaban J connectivity index is 2.61. The molecule has 11 heavy (non-hydrogen) atoms. The minimum Gasteiger partial charge on any atom is -0.380 e. The molecule has 0 aromatic rings. The molecule has 0 aromatic carbocycles. The lowest BCUT2D eigenvalue weighted by molar-refractivity contribution is -0.119. The highest BCUT2D eigenvalue weighted by Crippen LogP contribution is 2.19. The predicted molar refractivity (Wildman–Crippen MR) is 40.8 cm³/mol. The maximum atomic E-state index is 10.8. The SMILES string of the molecule is COC(C)C1(C)CC(=O)NN1. The summed E-state index contributed by atoms with van der Waals surface area (Å²) < 4.78 is 5.13. The number of nitrogens with one attached hydrogen (secondary N) is 2. The molecule has 1 aliphatic heterocycles. The Kier molecular flexibility index (Phi) is 2.15. The molecule has 64 valence electrons. The fourth-order valence-electron chi connectivity index (χ4n) is 1.14. The Morgan fingerprint density at radius 3 is 2.73 bits per heavy atom. The summed E-state index contributed by atoms with van der Waals surface area (Å²) >= 11 is 0. The van der Waals surface area contributed by atoms with E-state index in [1.54, 1.807) is 7.11 Å². The molecule has 0 bridgehead atoms. The molecule has 1 saturated heterocycles. The molecule has 2 atom stereocenters. The Bertz CT molecular complexity index is 172. The number of ether oxygens (including phenoxy) is 1. The van der Waals surface area contributed by atoms with E-state index in [2.05, 4.69) is 10.9 Å². The van der Waals surface area contributed by atoms with Crippen molar-refractivity contribution in [3.05, 3.63) is 0 Å². The Morgan fingerprint density at radius 2 is 2.36 bits per heavy atom. The first-order chi connectivity index (χ1) is 5.08. The second-order valence-electron chi connectivity index (χ2n) is 3.15. The fourth-order valence-corrected chi connectivity index (χ4v) is 1.14. The summed E-state index contributed by atoms with van der Waals surface area (Å²) in [6, 6.07) is 0. The van der Waals surface area contributed by atoms with Gasteiger partial charge in [-0.2, -0.15) is 0 Å². The van der Waals surface area contributed by atoms with Crippen LogP contribution in [0.4, 0.5) is 0 Å². The van der Waals surface area contributed by atoms with Crippen LogP contribution < -0.4 is 10.9 Å². The molecule has 1 heterocycles. The standard InChI is InChI=1S/C7H14N2O2/c1-5(11-3)7(2)4-6(10)8-9-7/h5,9H,4H2,1-3H3,(H,8,10). The van der Waals surface area contributed by atoms with E-state index in [9.17, 15) is 4.79 Å². The van der Waals surface area contributed by atoms with Crippen molar-refractivity contribution in [2.75, 3.05) is 7.11 Å². The van der Waals surface area contributed by atoms with Gasteiger partial charge in [-0.3, -0.25) is 10.2 Å². The van der Waals surface area contributed by atoms with Gasteiger partial charge in [0.25, 0.3) is 0 Å². The summed E-state index contributed by atoms with van der Waals surface area (Å²) in [4.78, 5) is 10.8. The van der Waals surface area contributed by atoms with Gasteiger partial charge < -0.3 is 4.74 Å². The number of carbonyl (C=O) groups is 1. The molecular formula is C7H14N2O2. The molecule has 4 heteroatoms. The smallest absolute Gasteiger partial charge is 0.236 e. The predicted octanol–water partition coefficient (Wildman–Crippen LogP) is -0.195. The molecule has 2 unspecified atom stereocenters. The van der Waals surface area contributed by atoms with E-state index in [1.807, 2.05) is 13.8 Å². The highest BCUT2D eigenvalue weighted by molar-refractivity contribution is 5.79. The van der Waals surface area contributed by atoms with Crippen LogP contribution in [-0.4, -0.2) is 24.7 Å². The quantitative estimate of drug-likeness (QED) is 0.585. The Hall–Kier alpha value is -0.610. The van der Waals surface area contributed by atoms with Gasteiger partial charge in [-0.25, -0.2) is 5.43 Å². The van der Waals surface area contributed by atoms with Crippen molar-refractivity contribution < 1.29 is 9.53 Å². The molecule has 1 rings (SSSR count). The van der Waals surface area contributed by atoms with E-state index in [1.165, 1.54) is 0 Å². The fraction of sp³-hybridized carbons (Fsp3) is 0.857. The molecule has 0 aromatic heterocycles. The van der Waals surface area contributed by atoms with E-state index in [-0.39, 0.29) is 17.6 Å². The van der Waals surface area contributed by atoms with Crippen LogP contribution in [-0.2, 0) is 9.53 Å². The number of amides is 1. The summed E-state index contributed by atoms with van der Waals surface area (Å²) in [7, 11) is 1.64. The minimum atomic E-state index is -0.258. The number of hydrogen-bond donors (Lipinski definition) is 2. The van der Waals surface area contributed by atoms with E-state index in [4.69, 9.17) is 4.74 Å². The van der Waals surface area contributed by atoms with Crippen molar-refractivity contribution in [3.8, 4) is 0 Å². The van der Waals surface area contributed by atoms with Crippen molar-refractivity contribution in [2.45, 2.75) is 31.9 Å². The maximum absolute atomic E-state index is 10.8. The second-order valence-corrected chi connectivity index (χ2v) is 3.15. The van der Waals surface area contributed by atoms with Crippen molar-refractivity contribution in [1.29, 1.82) is 0 Å². The molecular weight excluding hydrogens is 144 g/mol. The molecule has 2 N–H and O–H groups in total. The summed E-state index contributed by atoms with van der Waals surface area (Å²) in [5.74, 6) is 0.0244. The first-order valence-electron chi connectivity index (χ1n) is 3.67. The van der Waals surface area contributed by atoms with E-state index in [0.717, 1.165) is 0 Å². The van der Waals surface area contributed by atoms with Gasteiger partial charge in [-0.15, -0.1) is 0 Å². The van der Waals surface area contributed by atoms with Crippen LogP contribution in [0.5, 0.6) is 0 Å². The third-order valence-corrected chi connectivity index (χ3v) is 2.27. The summed E-state index contributed by atoms with van der Waals surface area (Å²) in [6.07, 6.45) is 0.503.